The number of hydrogen-bond acceptors (Lipinski definition) is 2. The van der Waals surface area contributed by atoms with Gasteiger partial charge < -0.3 is 10.2 Å². The van der Waals surface area contributed by atoms with E-state index in [0.29, 0.717) is 17.9 Å². The summed E-state index contributed by atoms with van der Waals surface area (Å²) in [6.07, 6.45) is 26.1. The maximum atomic E-state index is 10.9. The van der Waals surface area contributed by atoms with E-state index in [9.17, 15) is 10.2 Å². The van der Waals surface area contributed by atoms with E-state index in [4.69, 9.17) is 0 Å². The monoisotopic (exact) mass is 508 g/mol. The fraction of sp³-hybridized carbons (Fsp3) is 0.657. The number of phenols is 2. The Morgan fingerprint density at radius 2 is 0.703 bits per heavy atom. The summed E-state index contributed by atoms with van der Waals surface area (Å²) < 4.78 is 0. The highest BCUT2D eigenvalue weighted by Gasteiger charge is 2.12. The molecule has 2 nitrogen and oxygen atoms in total. The number of unbranched alkanes of at least 4 members (excludes halogenated alkanes) is 16. The molecule has 2 aromatic carbocycles. The molecule has 0 aliphatic heterocycles. The van der Waals surface area contributed by atoms with Gasteiger partial charge in [-0.25, -0.2) is 0 Å². The third-order valence-electron chi connectivity index (χ3n) is 7.89. The topological polar surface area (TPSA) is 40.5 Å². The fourth-order valence-electron chi connectivity index (χ4n) is 5.44. The average Bonchev–Trinajstić information content (AvgIpc) is 2.90. The first-order valence-corrected chi connectivity index (χ1v) is 15.8. The van der Waals surface area contributed by atoms with Crippen LogP contribution in [0.4, 0.5) is 0 Å². The zero-order chi connectivity index (χ0) is 26.6. The van der Waals surface area contributed by atoms with Crippen LogP contribution in [0.1, 0.15) is 152 Å². The van der Waals surface area contributed by atoms with Crippen LogP contribution in [0.5, 0.6) is 11.5 Å². The van der Waals surface area contributed by atoms with Gasteiger partial charge in [0.15, 0.2) is 0 Å². The van der Waals surface area contributed by atoms with Crippen LogP contribution >= 0.6 is 0 Å². The van der Waals surface area contributed by atoms with Crippen LogP contribution in [0.25, 0.3) is 0 Å². The molecule has 0 fully saturated rings. The predicted molar refractivity (Wildman–Crippen MR) is 161 cm³/mol. The molecule has 0 saturated heterocycles. The predicted octanol–water partition coefficient (Wildman–Crippen LogP) is 10.8. The minimum atomic E-state index is 0.422. The zero-order valence-corrected chi connectivity index (χ0v) is 24.2. The Morgan fingerprint density at radius 3 is 1.05 bits per heavy atom. The minimum absolute atomic E-state index is 0.422. The van der Waals surface area contributed by atoms with Crippen LogP contribution in [0.15, 0.2) is 36.4 Å². The van der Waals surface area contributed by atoms with Gasteiger partial charge in [0, 0.05) is 6.42 Å². The highest BCUT2D eigenvalue weighted by atomic mass is 16.3. The lowest BCUT2D eigenvalue weighted by atomic mass is 9.95. The molecule has 0 heterocycles. The normalized spacial score (nSPS) is 11.3. The van der Waals surface area contributed by atoms with Gasteiger partial charge in [0.2, 0.25) is 0 Å². The van der Waals surface area contributed by atoms with Gasteiger partial charge in [0.05, 0.1) is 0 Å². The molecule has 37 heavy (non-hydrogen) atoms. The molecule has 0 unspecified atom stereocenters. The van der Waals surface area contributed by atoms with E-state index in [-0.39, 0.29) is 0 Å². The summed E-state index contributed by atoms with van der Waals surface area (Å²) in [7, 11) is 0. The number of para-hydroxylation sites is 2. The molecule has 208 valence electrons. The SMILES string of the molecule is CCCCCCCCCCCc1cccc(Cc2cccc(CCCCCCCCCCC)c2O)c1O. The van der Waals surface area contributed by atoms with E-state index in [1.807, 2.05) is 12.1 Å². The van der Waals surface area contributed by atoms with Gasteiger partial charge in [-0.2, -0.15) is 0 Å². The van der Waals surface area contributed by atoms with Crippen molar-refractivity contribution in [2.75, 3.05) is 0 Å². The van der Waals surface area contributed by atoms with Gasteiger partial charge in [-0.1, -0.05) is 153 Å². The Kier molecular flexibility index (Phi) is 16.9. The molecule has 0 aliphatic carbocycles. The molecule has 0 aromatic heterocycles. The molecule has 2 aromatic rings. The highest BCUT2D eigenvalue weighted by molar-refractivity contribution is 5.47. The number of rotatable bonds is 22. The molecule has 0 saturated carbocycles. The van der Waals surface area contributed by atoms with E-state index in [0.717, 1.165) is 47.9 Å². The molecule has 0 radical (unpaired) electrons. The van der Waals surface area contributed by atoms with Gasteiger partial charge in [0.25, 0.3) is 0 Å². The zero-order valence-electron chi connectivity index (χ0n) is 24.2. The van der Waals surface area contributed by atoms with Crippen molar-refractivity contribution in [3.8, 4) is 11.5 Å². The van der Waals surface area contributed by atoms with Crippen molar-refractivity contribution in [3.63, 3.8) is 0 Å². The largest absolute Gasteiger partial charge is 0.507 e. The molecule has 0 atom stereocenters. The number of aryl methyl sites for hydroxylation is 2. The Balaban J connectivity index is 1.75. The van der Waals surface area contributed by atoms with Gasteiger partial charge in [-0.3, -0.25) is 0 Å². The average molecular weight is 509 g/mol. The highest BCUT2D eigenvalue weighted by Crippen LogP contribution is 2.31. The van der Waals surface area contributed by atoms with Crippen LogP contribution < -0.4 is 0 Å². The molecule has 2 N–H and O–H groups in total. The first-order valence-electron chi connectivity index (χ1n) is 15.8. The van der Waals surface area contributed by atoms with Crippen LogP contribution in [-0.2, 0) is 19.3 Å². The summed E-state index contributed by atoms with van der Waals surface area (Å²) >= 11 is 0. The van der Waals surface area contributed by atoms with E-state index < -0.39 is 0 Å². The van der Waals surface area contributed by atoms with Gasteiger partial charge in [-0.15, -0.1) is 0 Å². The summed E-state index contributed by atoms with van der Waals surface area (Å²) in [5.74, 6) is 0.844. The van der Waals surface area contributed by atoms with Crippen LogP contribution in [-0.4, -0.2) is 10.2 Å². The Morgan fingerprint density at radius 1 is 0.405 bits per heavy atom. The second-order valence-corrected chi connectivity index (χ2v) is 11.2. The van der Waals surface area contributed by atoms with Crippen molar-refractivity contribution in [3.05, 3.63) is 58.7 Å². The van der Waals surface area contributed by atoms with Crippen molar-refractivity contribution in [2.24, 2.45) is 0 Å². The summed E-state index contributed by atoms with van der Waals surface area (Å²) in [5.41, 5.74) is 3.93. The molecule has 0 spiro atoms. The number of phenolic OH excluding ortho intramolecular Hbond substituents is 2. The van der Waals surface area contributed by atoms with E-state index in [1.165, 1.54) is 103 Å². The summed E-state index contributed by atoms with van der Waals surface area (Å²) in [4.78, 5) is 0. The Bertz CT molecular complexity index is 772. The van der Waals surface area contributed by atoms with Crippen molar-refractivity contribution in [2.45, 2.75) is 149 Å². The standard InChI is InChI=1S/C35H56O2/c1-3-5-7-9-11-13-15-17-19-23-30-25-21-27-32(34(30)36)29-33-28-22-26-31(35(33)37)24-20-18-16-14-12-10-8-6-4-2/h21-22,25-28,36-37H,3-20,23-24,29H2,1-2H3. The number of hydrogen-bond donors (Lipinski definition) is 2. The Hall–Kier alpha value is -1.96. The molecule has 0 bridgehead atoms. The number of benzene rings is 2. The third kappa shape index (κ3) is 12.9. The first-order chi connectivity index (χ1) is 18.2. The van der Waals surface area contributed by atoms with E-state index in [2.05, 4.69) is 38.1 Å². The van der Waals surface area contributed by atoms with Crippen molar-refractivity contribution >= 4 is 0 Å². The first kappa shape index (κ1) is 31.3. The van der Waals surface area contributed by atoms with Crippen LogP contribution in [0, 0.1) is 0 Å². The maximum absolute atomic E-state index is 10.9. The fourth-order valence-corrected chi connectivity index (χ4v) is 5.44. The van der Waals surface area contributed by atoms with E-state index >= 15 is 0 Å². The van der Waals surface area contributed by atoms with Crippen LogP contribution in [0.3, 0.4) is 0 Å². The van der Waals surface area contributed by atoms with Gasteiger partial charge in [0.1, 0.15) is 11.5 Å². The molecule has 2 rings (SSSR count). The maximum Gasteiger partial charge on any atom is 0.122 e. The van der Waals surface area contributed by atoms with Crippen molar-refractivity contribution in [1.82, 2.24) is 0 Å². The lowest BCUT2D eigenvalue weighted by Gasteiger charge is -2.13. The minimum Gasteiger partial charge on any atom is -0.507 e. The van der Waals surface area contributed by atoms with Crippen molar-refractivity contribution in [1.29, 1.82) is 0 Å². The Labute approximate surface area is 228 Å². The van der Waals surface area contributed by atoms with Gasteiger partial charge >= 0.3 is 0 Å². The summed E-state index contributed by atoms with van der Waals surface area (Å²) in [5, 5.41) is 21.9. The third-order valence-corrected chi connectivity index (χ3v) is 7.89. The number of aromatic hydroxyl groups is 2. The second kappa shape index (κ2) is 20.1. The summed E-state index contributed by atoms with van der Waals surface area (Å²) in [6, 6.07) is 12.2. The molecule has 2 heteroatoms. The molecular formula is C35H56O2. The molecular weight excluding hydrogens is 452 g/mol. The van der Waals surface area contributed by atoms with Crippen molar-refractivity contribution < 1.29 is 10.2 Å². The summed E-state index contributed by atoms with van der Waals surface area (Å²) in [6.45, 7) is 4.53. The smallest absolute Gasteiger partial charge is 0.122 e. The lowest BCUT2D eigenvalue weighted by Crippen LogP contribution is -1.96. The lowest BCUT2D eigenvalue weighted by molar-refractivity contribution is 0.453. The quantitative estimate of drug-likeness (QED) is 0.155. The second-order valence-electron chi connectivity index (χ2n) is 11.2. The van der Waals surface area contributed by atoms with Gasteiger partial charge in [-0.05, 0) is 47.9 Å². The van der Waals surface area contributed by atoms with E-state index in [1.54, 1.807) is 0 Å². The molecule has 0 amide bonds. The van der Waals surface area contributed by atoms with Crippen LogP contribution in [0.2, 0.25) is 0 Å². The molecule has 0 aliphatic rings.